The lowest BCUT2D eigenvalue weighted by Gasteiger charge is -2.27. The molecule has 2 atom stereocenters. The van der Waals surface area contributed by atoms with E-state index in [1.807, 2.05) is 33.1 Å². The van der Waals surface area contributed by atoms with Gasteiger partial charge in [-0.3, -0.25) is 4.79 Å². The number of hydrogen-bond donors (Lipinski definition) is 2. The maximum absolute atomic E-state index is 12.0. The largest absolute Gasteiger partial charge is 0.346 e. The van der Waals surface area contributed by atoms with E-state index in [2.05, 4.69) is 10.3 Å². The molecule has 5 heteroatoms. The van der Waals surface area contributed by atoms with Crippen LogP contribution in [-0.2, 0) is 4.79 Å². The molecule has 3 N–H and O–H groups in total. The van der Waals surface area contributed by atoms with Gasteiger partial charge in [-0.25, -0.2) is 4.98 Å². The summed E-state index contributed by atoms with van der Waals surface area (Å²) in [6.45, 7) is 7.90. The molecule has 4 nitrogen and oxygen atoms in total. The first-order valence-corrected chi connectivity index (χ1v) is 6.69. The summed E-state index contributed by atoms with van der Waals surface area (Å²) in [5.74, 6) is -0.112. The van der Waals surface area contributed by atoms with Gasteiger partial charge in [0.15, 0.2) is 0 Å². The van der Waals surface area contributed by atoms with Crippen molar-refractivity contribution in [2.24, 2.45) is 11.1 Å². The number of thiazole rings is 1. The number of nitrogens with two attached hydrogens (primary N) is 1. The summed E-state index contributed by atoms with van der Waals surface area (Å²) in [7, 11) is 0. The molecule has 96 valence electrons. The smallest absolute Gasteiger partial charge is 0.238 e. The van der Waals surface area contributed by atoms with Crippen LogP contribution in [-0.4, -0.2) is 16.9 Å². The third-order valence-electron chi connectivity index (χ3n) is 2.69. The maximum atomic E-state index is 12.0. The van der Waals surface area contributed by atoms with Crippen molar-refractivity contribution in [3.63, 3.8) is 0 Å². The minimum Gasteiger partial charge on any atom is -0.346 e. The van der Waals surface area contributed by atoms with E-state index in [9.17, 15) is 4.79 Å². The molecule has 17 heavy (non-hydrogen) atoms. The standard InChI is InChI=1S/C12H21N3OS/c1-5-8(11-14-6-7-17-11)15-10(16)9(13)12(2,3)4/h6-9H,5,13H2,1-4H3,(H,15,16)/t8?,9-/m0/s1. The van der Waals surface area contributed by atoms with Crippen molar-refractivity contribution in [1.29, 1.82) is 0 Å². The predicted octanol–water partition coefficient (Wildman–Crippen LogP) is 2.08. The third-order valence-corrected chi connectivity index (χ3v) is 3.58. The highest BCUT2D eigenvalue weighted by Gasteiger charge is 2.29. The molecule has 0 bridgehead atoms. The summed E-state index contributed by atoms with van der Waals surface area (Å²) >= 11 is 1.55. The number of carbonyl (C=O) groups is 1. The molecule has 1 amide bonds. The molecule has 0 radical (unpaired) electrons. The van der Waals surface area contributed by atoms with Crippen molar-refractivity contribution in [3.8, 4) is 0 Å². The molecule has 0 aromatic carbocycles. The van der Waals surface area contributed by atoms with Crippen LogP contribution in [0.15, 0.2) is 11.6 Å². The Morgan fingerprint density at radius 1 is 1.59 bits per heavy atom. The Labute approximate surface area is 107 Å². The van der Waals surface area contributed by atoms with Gasteiger partial charge >= 0.3 is 0 Å². The fraction of sp³-hybridized carbons (Fsp3) is 0.667. The van der Waals surface area contributed by atoms with Gasteiger partial charge in [0.2, 0.25) is 5.91 Å². The monoisotopic (exact) mass is 255 g/mol. The first-order chi connectivity index (χ1) is 7.86. The van der Waals surface area contributed by atoms with Crippen molar-refractivity contribution >= 4 is 17.2 Å². The van der Waals surface area contributed by atoms with Crippen molar-refractivity contribution < 1.29 is 4.79 Å². The van der Waals surface area contributed by atoms with E-state index in [-0.39, 0.29) is 17.4 Å². The van der Waals surface area contributed by atoms with Gasteiger partial charge in [-0.15, -0.1) is 11.3 Å². The van der Waals surface area contributed by atoms with Crippen molar-refractivity contribution in [3.05, 3.63) is 16.6 Å². The number of rotatable bonds is 4. The Morgan fingerprint density at radius 2 is 2.24 bits per heavy atom. The van der Waals surface area contributed by atoms with Crippen LogP contribution in [0.3, 0.4) is 0 Å². The highest BCUT2D eigenvalue weighted by molar-refractivity contribution is 7.09. The maximum Gasteiger partial charge on any atom is 0.238 e. The first kappa shape index (κ1) is 14.1. The summed E-state index contributed by atoms with van der Waals surface area (Å²) in [5, 5.41) is 5.80. The van der Waals surface area contributed by atoms with E-state index >= 15 is 0 Å². The van der Waals surface area contributed by atoms with Crippen LogP contribution in [0.2, 0.25) is 0 Å². The van der Waals surface area contributed by atoms with Gasteiger partial charge in [0.1, 0.15) is 5.01 Å². The number of hydrogen-bond acceptors (Lipinski definition) is 4. The number of nitrogens with zero attached hydrogens (tertiary/aromatic N) is 1. The fourth-order valence-corrected chi connectivity index (χ4v) is 2.17. The zero-order valence-corrected chi connectivity index (χ0v) is 11.7. The molecule has 0 aliphatic heterocycles. The van der Waals surface area contributed by atoms with Crippen molar-refractivity contribution in [1.82, 2.24) is 10.3 Å². The molecule has 1 rings (SSSR count). The molecule has 1 aromatic rings. The van der Waals surface area contributed by atoms with Gasteiger partial charge in [-0.05, 0) is 11.8 Å². The lowest BCUT2D eigenvalue weighted by atomic mass is 9.87. The predicted molar refractivity (Wildman–Crippen MR) is 70.7 cm³/mol. The summed E-state index contributed by atoms with van der Waals surface area (Å²) < 4.78 is 0. The minimum atomic E-state index is -0.503. The lowest BCUT2D eigenvalue weighted by Crippen LogP contribution is -2.49. The normalized spacial score (nSPS) is 15.4. The molecular formula is C12H21N3OS. The second-order valence-corrected chi connectivity index (χ2v) is 6.11. The Kier molecular flexibility index (Phi) is 4.65. The van der Waals surface area contributed by atoms with Gasteiger partial charge in [0.05, 0.1) is 12.1 Å². The molecule has 1 unspecified atom stereocenters. The van der Waals surface area contributed by atoms with Crippen LogP contribution >= 0.6 is 11.3 Å². The SMILES string of the molecule is CCC(NC(=O)[C@H](N)C(C)(C)C)c1nccs1. The molecule has 0 aliphatic carbocycles. The molecule has 0 saturated heterocycles. The van der Waals surface area contributed by atoms with Gasteiger partial charge in [-0.1, -0.05) is 27.7 Å². The molecular weight excluding hydrogens is 234 g/mol. The summed E-state index contributed by atoms with van der Waals surface area (Å²) in [5.41, 5.74) is 5.69. The Morgan fingerprint density at radius 3 is 2.65 bits per heavy atom. The van der Waals surface area contributed by atoms with Crippen LogP contribution in [0.1, 0.15) is 45.2 Å². The van der Waals surface area contributed by atoms with Crippen molar-refractivity contribution in [2.45, 2.75) is 46.2 Å². The Hall–Kier alpha value is -0.940. The summed E-state index contributed by atoms with van der Waals surface area (Å²) in [6, 6.07) is -0.535. The quantitative estimate of drug-likeness (QED) is 0.865. The van der Waals surface area contributed by atoms with E-state index in [0.717, 1.165) is 11.4 Å². The van der Waals surface area contributed by atoms with Crippen molar-refractivity contribution in [2.75, 3.05) is 0 Å². The highest BCUT2D eigenvalue weighted by atomic mass is 32.1. The zero-order valence-electron chi connectivity index (χ0n) is 10.9. The Bertz CT molecular complexity index is 356. The number of amides is 1. The van der Waals surface area contributed by atoms with Gasteiger partial charge < -0.3 is 11.1 Å². The number of carbonyl (C=O) groups excluding carboxylic acids is 1. The van der Waals surface area contributed by atoms with Crippen LogP contribution in [0.5, 0.6) is 0 Å². The molecule has 1 aromatic heterocycles. The fourth-order valence-electron chi connectivity index (χ4n) is 1.40. The van der Waals surface area contributed by atoms with Gasteiger partial charge in [0, 0.05) is 11.6 Å². The molecule has 0 spiro atoms. The minimum absolute atomic E-state index is 0.0316. The van der Waals surface area contributed by atoms with Gasteiger partial charge in [-0.2, -0.15) is 0 Å². The average molecular weight is 255 g/mol. The van der Waals surface area contributed by atoms with Crippen LogP contribution in [0.4, 0.5) is 0 Å². The average Bonchev–Trinajstić information content (AvgIpc) is 2.76. The molecule has 0 aliphatic rings. The first-order valence-electron chi connectivity index (χ1n) is 5.81. The summed E-state index contributed by atoms with van der Waals surface area (Å²) in [6.07, 6.45) is 2.56. The molecule has 0 fully saturated rings. The molecule has 0 saturated carbocycles. The van der Waals surface area contributed by atoms with E-state index in [4.69, 9.17) is 5.73 Å². The summed E-state index contributed by atoms with van der Waals surface area (Å²) in [4.78, 5) is 16.2. The second-order valence-electron chi connectivity index (χ2n) is 5.18. The van der Waals surface area contributed by atoms with Gasteiger partial charge in [0.25, 0.3) is 0 Å². The highest BCUT2D eigenvalue weighted by Crippen LogP contribution is 2.21. The van der Waals surface area contributed by atoms with Crippen LogP contribution in [0, 0.1) is 5.41 Å². The van der Waals surface area contributed by atoms with Crippen LogP contribution < -0.4 is 11.1 Å². The second kappa shape index (κ2) is 5.60. The zero-order chi connectivity index (χ0) is 13.1. The Balaban J connectivity index is 2.67. The third kappa shape index (κ3) is 3.78. The molecule has 1 heterocycles. The lowest BCUT2D eigenvalue weighted by molar-refractivity contribution is -0.125. The van der Waals surface area contributed by atoms with E-state index in [1.54, 1.807) is 17.5 Å². The number of aromatic nitrogens is 1. The van der Waals surface area contributed by atoms with E-state index in [0.29, 0.717) is 0 Å². The van der Waals surface area contributed by atoms with Crippen LogP contribution in [0.25, 0.3) is 0 Å². The van der Waals surface area contributed by atoms with E-state index in [1.165, 1.54) is 0 Å². The van der Waals surface area contributed by atoms with E-state index < -0.39 is 6.04 Å². The number of nitrogens with one attached hydrogen (secondary N) is 1. The topological polar surface area (TPSA) is 68.0 Å².